The van der Waals surface area contributed by atoms with Crippen molar-refractivity contribution >= 4 is 82.8 Å². The van der Waals surface area contributed by atoms with Crippen molar-refractivity contribution in [3.8, 4) is 0 Å². The van der Waals surface area contributed by atoms with E-state index in [0.29, 0.717) is 19.3 Å². The summed E-state index contributed by atoms with van der Waals surface area (Å²) in [5.41, 5.74) is -0.770. The number of benzene rings is 1. The van der Waals surface area contributed by atoms with Gasteiger partial charge in [-0.25, -0.2) is 9.59 Å². The van der Waals surface area contributed by atoms with Crippen molar-refractivity contribution in [3.63, 3.8) is 0 Å². The summed E-state index contributed by atoms with van der Waals surface area (Å²) >= 11 is 0. The molecular formula is C38H50Na2O7. The van der Waals surface area contributed by atoms with Crippen molar-refractivity contribution < 1.29 is 34.1 Å². The van der Waals surface area contributed by atoms with E-state index in [2.05, 4.69) is 41.5 Å². The Balaban J connectivity index is 0.00000250. The molecule has 47 heavy (non-hydrogen) atoms. The summed E-state index contributed by atoms with van der Waals surface area (Å²) < 4.78 is 6.13. The minimum atomic E-state index is -1.16. The SMILES string of the molecule is CC1(C)[C@@H](OC(=O)c2ccccc2C(=O)O)CC[C@]2(C)[C@H]3C(=O)C=C4[C@@H]5C[C@@](C)(C(=O)O)CC[C@]5(C)CC[C@@]4(C)[C@]3(C)CC[C@@H]12.[Na].[Na]. The maximum atomic E-state index is 14.6. The van der Waals surface area contributed by atoms with Gasteiger partial charge in [-0.2, -0.15) is 0 Å². The maximum Gasteiger partial charge on any atom is 0.339 e. The normalized spacial score (nSPS) is 41.6. The zero-order chi connectivity index (χ0) is 33.0. The fourth-order valence-electron chi connectivity index (χ4n) is 11.6. The van der Waals surface area contributed by atoms with E-state index in [-0.39, 0.29) is 115 Å². The van der Waals surface area contributed by atoms with Crippen LogP contribution in [0.15, 0.2) is 35.9 Å². The molecule has 4 fully saturated rings. The molecular weight excluding hydrogens is 614 g/mol. The van der Waals surface area contributed by atoms with Gasteiger partial charge < -0.3 is 14.9 Å². The van der Waals surface area contributed by atoms with E-state index in [1.54, 1.807) is 12.1 Å². The molecule has 9 atom stereocenters. The Hall–Kier alpha value is -0.960. The van der Waals surface area contributed by atoms with Gasteiger partial charge in [-0.15, -0.1) is 0 Å². The molecule has 7 nitrogen and oxygen atoms in total. The van der Waals surface area contributed by atoms with Crippen LogP contribution in [0.5, 0.6) is 0 Å². The smallest absolute Gasteiger partial charge is 0.339 e. The van der Waals surface area contributed by atoms with Crippen molar-refractivity contribution in [1.29, 1.82) is 0 Å². The maximum absolute atomic E-state index is 14.6. The summed E-state index contributed by atoms with van der Waals surface area (Å²) in [5, 5.41) is 19.8. The van der Waals surface area contributed by atoms with Gasteiger partial charge in [-0.3, -0.25) is 9.59 Å². The Morgan fingerprint density at radius 3 is 2.04 bits per heavy atom. The molecule has 0 unspecified atom stereocenters. The first-order valence-corrected chi connectivity index (χ1v) is 16.9. The number of carboxylic acid groups (broad SMARTS) is 2. The van der Waals surface area contributed by atoms with Crippen LogP contribution >= 0.6 is 0 Å². The van der Waals surface area contributed by atoms with Gasteiger partial charge in [0.15, 0.2) is 5.78 Å². The minimum absolute atomic E-state index is 0. The average Bonchev–Trinajstić information content (AvgIpc) is 2.96. The molecule has 0 bridgehead atoms. The van der Waals surface area contributed by atoms with Crippen LogP contribution in [0.4, 0.5) is 0 Å². The molecule has 246 valence electrons. The number of aliphatic carboxylic acids is 1. The predicted octanol–water partition coefficient (Wildman–Crippen LogP) is 7.21. The average molecular weight is 665 g/mol. The molecule has 0 aromatic heterocycles. The number of carbonyl (C=O) groups is 4. The Morgan fingerprint density at radius 2 is 1.43 bits per heavy atom. The number of hydrogen-bond acceptors (Lipinski definition) is 5. The van der Waals surface area contributed by atoms with Gasteiger partial charge in [0.25, 0.3) is 0 Å². The Morgan fingerprint density at radius 1 is 0.809 bits per heavy atom. The first-order valence-electron chi connectivity index (χ1n) is 16.9. The molecule has 6 rings (SSSR count). The van der Waals surface area contributed by atoms with Crippen LogP contribution in [0.3, 0.4) is 0 Å². The van der Waals surface area contributed by atoms with Crippen molar-refractivity contribution in [2.24, 2.45) is 50.2 Å². The van der Waals surface area contributed by atoms with Gasteiger partial charge in [-0.05, 0) is 116 Å². The number of aromatic carboxylic acids is 1. The first kappa shape index (κ1) is 38.8. The number of carboxylic acids is 2. The third kappa shape index (κ3) is 5.60. The van der Waals surface area contributed by atoms with Crippen LogP contribution in [-0.4, -0.2) is 99.1 Å². The molecule has 0 aliphatic heterocycles. The van der Waals surface area contributed by atoms with Crippen molar-refractivity contribution in [2.45, 2.75) is 112 Å². The summed E-state index contributed by atoms with van der Waals surface area (Å²) in [6, 6.07) is 6.17. The quantitative estimate of drug-likeness (QED) is 0.258. The molecule has 4 saturated carbocycles. The third-order valence-corrected chi connectivity index (χ3v) is 14.7. The molecule has 1 aromatic rings. The second kappa shape index (κ2) is 12.7. The second-order valence-electron chi connectivity index (χ2n) is 17.2. The second-order valence-corrected chi connectivity index (χ2v) is 17.2. The molecule has 5 aliphatic carbocycles. The molecule has 1 aromatic carbocycles. The van der Waals surface area contributed by atoms with Gasteiger partial charge in [0.1, 0.15) is 6.10 Å². The number of esters is 1. The van der Waals surface area contributed by atoms with Gasteiger partial charge >= 0.3 is 17.9 Å². The van der Waals surface area contributed by atoms with Gasteiger partial charge in [0.05, 0.1) is 16.5 Å². The Bertz CT molecular complexity index is 1520. The van der Waals surface area contributed by atoms with Crippen LogP contribution in [0.2, 0.25) is 0 Å². The van der Waals surface area contributed by atoms with Crippen LogP contribution < -0.4 is 0 Å². The van der Waals surface area contributed by atoms with E-state index in [9.17, 15) is 29.4 Å². The van der Waals surface area contributed by atoms with Crippen molar-refractivity contribution in [3.05, 3.63) is 47.0 Å². The molecule has 2 N–H and O–H groups in total. The molecule has 0 heterocycles. The monoisotopic (exact) mass is 664 g/mol. The van der Waals surface area contributed by atoms with Gasteiger partial charge in [0, 0.05) is 70.4 Å². The summed E-state index contributed by atoms with van der Waals surface area (Å²) in [6.07, 6.45) is 8.86. The molecule has 0 spiro atoms. The van der Waals surface area contributed by atoms with Gasteiger partial charge in [0.2, 0.25) is 0 Å². The van der Waals surface area contributed by atoms with E-state index < -0.39 is 34.8 Å². The van der Waals surface area contributed by atoms with E-state index in [1.165, 1.54) is 17.7 Å². The first-order chi connectivity index (χ1) is 20.8. The Labute approximate surface area is 324 Å². The molecule has 5 aliphatic rings. The minimum Gasteiger partial charge on any atom is -0.481 e. The fourth-order valence-corrected chi connectivity index (χ4v) is 11.6. The van der Waals surface area contributed by atoms with Crippen LogP contribution in [-0.2, 0) is 14.3 Å². The van der Waals surface area contributed by atoms with E-state index in [4.69, 9.17) is 4.74 Å². The number of fused-ring (bicyclic) bond motifs is 7. The van der Waals surface area contributed by atoms with E-state index >= 15 is 0 Å². The zero-order valence-electron chi connectivity index (χ0n) is 30.0. The van der Waals surface area contributed by atoms with Crippen LogP contribution in [0, 0.1) is 50.2 Å². The third-order valence-electron chi connectivity index (χ3n) is 14.7. The standard InChI is InChI=1S/C38H50O7.2Na/c1-33(2)27-12-15-38(7)29(36(27,5)14-13-28(33)45-31(42)23-11-9-8-10-22(23)30(40)41)26(39)20-24-25-21-35(4,32(43)44)17-16-34(25,3)18-19-37(24,38)6;;/h8-11,20,25,27-29H,12-19,21H2,1-7H3,(H,40,41)(H,43,44);;/t25-,27-,28-,29+,34+,35-,36-,37+,38+;;/m0../s1. The molecule has 2 radical (unpaired) electrons. The summed E-state index contributed by atoms with van der Waals surface area (Å²) in [6.45, 7) is 15.5. The fraction of sp³-hybridized carbons (Fsp3) is 0.684. The zero-order valence-corrected chi connectivity index (χ0v) is 34.0. The number of ketones is 1. The number of ether oxygens (including phenoxy) is 1. The summed E-state index contributed by atoms with van der Waals surface area (Å²) in [7, 11) is 0. The number of hydrogen-bond donors (Lipinski definition) is 2. The number of carbonyl (C=O) groups excluding carboxylic acids is 2. The van der Waals surface area contributed by atoms with Gasteiger partial charge in [-0.1, -0.05) is 59.2 Å². The largest absolute Gasteiger partial charge is 0.481 e. The van der Waals surface area contributed by atoms with Crippen molar-refractivity contribution in [1.82, 2.24) is 0 Å². The van der Waals surface area contributed by atoms with Crippen LogP contribution in [0.25, 0.3) is 0 Å². The topological polar surface area (TPSA) is 118 Å². The summed E-state index contributed by atoms with van der Waals surface area (Å²) in [5.74, 6) is -2.29. The van der Waals surface area contributed by atoms with Crippen molar-refractivity contribution in [2.75, 3.05) is 0 Å². The van der Waals surface area contributed by atoms with E-state index in [1.807, 2.05) is 13.0 Å². The Kier molecular flexibility index (Phi) is 10.5. The van der Waals surface area contributed by atoms with Crippen LogP contribution in [0.1, 0.15) is 127 Å². The molecule has 0 saturated heterocycles. The molecule has 0 amide bonds. The predicted molar refractivity (Wildman–Crippen MR) is 181 cm³/mol. The molecule has 9 heteroatoms. The van der Waals surface area contributed by atoms with E-state index in [0.717, 1.165) is 38.5 Å². The summed E-state index contributed by atoms with van der Waals surface area (Å²) in [4.78, 5) is 52.1. The number of rotatable bonds is 4. The number of allylic oxidation sites excluding steroid dienone is 2.